The average Bonchev–Trinajstić information content (AvgIpc) is 2.32. The molecule has 1 aromatic rings. The Morgan fingerprint density at radius 2 is 2.25 bits per heavy atom. The standard InChI is InChI=1S/C12H16ClNO2/c1-7-5-9(10-6-14-3-4-16-10)12(15)11(13)8(7)2/h5,10,14-15H,3-4,6H2,1-2H3. The maximum absolute atomic E-state index is 10.0. The number of aromatic hydroxyl groups is 1. The maximum atomic E-state index is 10.0. The van der Waals surface area contributed by atoms with Gasteiger partial charge in [-0.1, -0.05) is 11.6 Å². The van der Waals surface area contributed by atoms with Gasteiger partial charge in [-0.3, -0.25) is 0 Å². The molecule has 1 unspecified atom stereocenters. The van der Waals surface area contributed by atoms with Crippen molar-refractivity contribution >= 4 is 11.6 Å². The Morgan fingerprint density at radius 3 is 2.88 bits per heavy atom. The Labute approximate surface area is 100 Å². The van der Waals surface area contributed by atoms with Crippen molar-refractivity contribution < 1.29 is 9.84 Å². The summed E-state index contributed by atoms with van der Waals surface area (Å²) in [6.07, 6.45) is -0.106. The number of benzene rings is 1. The van der Waals surface area contributed by atoms with Gasteiger partial charge in [-0.05, 0) is 31.0 Å². The smallest absolute Gasteiger partial charge is 0.140 e. The van der Waals surface area contributed by atoms with Crippen LogP contribution in [0.1, 0.15) is 22.8 Å². The molecule has 0 amide bonds. The van der Waals surface area contributed by atoms with Gasteiger partial charge in [0.1, 0.15) is 5.75 Å². The number of hydrogen-bond donors (Lipinski definition) is 2. The topological polar surface area (TPSA) is 41.5 Å². The Kier molecular flexibility index (Phi) is 3.38. The number of halogens is 1. The summed E-state index contributed by atoms with van der Waals surface area (Å²) in [6.45, 7) is 6.12. The summed E-state index contributed by atoms with van der Waals surface area (Å²) >= 11 is 6.08. The fraction of sp³-hybridized carbons (Fsp3) is 0.500. The third-order valence-corrected chi connectivity index (χ3v) is 3.51. The van der Waals surface area contributed by atoms with E-state index in [1.54, 1.807) is 0 Å². The minimum Gasteiger partial charge on any atom is -0.506 e. The van der Waals surface area contributed by atoms with Gasteiger partial charge in [0, 0.05) is 18.7 Å². The van der Waals surface area contributed by atoms with Gasteiger partial charge in [-0.15, -0.1) is 0 Å². The molecule has 0 bridgehead atoms. The molecule has 2 N–H and O–H groups in total. The summed E-state index contributed by atoms with van der Waals surface area (Å²) in [4.78, 5) is 0. The predicted molar refractivity (Wildman–Crippen MR) is 64.2 cm³/mol. The van der Waals surface area contributed by atoms with Crippen LogP contribution >= 0.6 is 11.6 Å². The molecule has 88 valence electrons. The van der Waals surface area contributed by atoms with E-state index in [4.69, 9.17) is 16.3 Å². The summed E-state index contributed by atoms with van der Waals surface area (Å²) < 4.78 is 5.61. The Hall–Kier alpha value is -0.770. The van der Waals surface area contributed by atoms with E-state index in [1.165, 1.54) is 0 Å². The number of phenolic OH excluding ortho intramolecular Hbond substituents is 1. The van der Waals surface area contributed by atoms with Crippen molar-refractivity contribution in [1.29, 1.82) is 0 Å². The van der Waals surface area contributed by atoms with E-state index in [0.29, 0.717) is 18.2 Å². The predicted octanol–water partition coefficient (Wildman–Crippen LogP) is 2.32. The Bertz CT molecular complexity index is 400. The summed E-state index contributed by atoms with van der Waals surface area (Å²) in [5.74, 6) is 0.151. The van der Waals surface area contributed by atoms with Crippen molar-refractivity contribution in [2.45, 2.75) is 20.0 Å². The largest absolute Gasteiger partial charge is 0.506 e. The Morgan fingerprint density at radius 1 is 1.50 bits per heavy atom. The lowest BCUT2D eigenvalue weighted by Gasteiger charge is -2.25. The zero-order valence-corrected chi connectivity index (χ0v) is 10.3. The number of morpholine rings is 1. The van der Waals surface area contributed by atoms with Crippen molar-refractivity contribution in [3.63, 3.8) is 0 Å². The first-order valence-electron chi connectivity index (χ1n) is 5.42. The second-order valence-corrected chi connectivity index (χ2v) is 4.51. The van der Waals surface area contributed by atoms with Crippen LogP contribution in [-0.4, -0.2) is 24.8 Å². The number of hydrogen-bond acceptors (Lipinski definition) is 3. The first-order valence-corrected chi connectivity index (χ1v) is 5.80. The molecule has 0 saturated carbocycles. The van der Waals surface area contributed by atoms with E-state index in [-0.39, 0.29) is 11.9 Å². The molecule has 16 heavy (non-hydrogen) atoms. The molecule has 0 spiro atoms. The van der Waals surface area contributed by atoms with Gasteiger partial charge in [-0.25, -0.2) is 0 Å². The van der Waals surface area contributed by atoms with E-state index in [1.807, 2.05) is 19.9 Å². The summed E-state index contributed by atoms with van der Waals surface area (Å²) in [5.41, 5.74) is 2.78. The molecule has 1 aliphatic heterocycles. The lowest BCUT2D eigenvalue weighted by atomic mass is 10.0. The number of aryl methyl sites for hydroxylation is 1. The van der Waals surface area contributed by atoms with Gasteiger partial charge < -0.3 is 15.2 Å². The molecule has 0 radical (unpaired) electrons. The van der Waals surface area contributed by atoms with Crippen molar-refractivity contribution in [3.8, 4) is 5.75 Å². The number of phenols is 1. The fourth-order valence-corrected chi connectivity index (χ4v) is 2.16. The molecular weight excluding hydrogens is 226 g/mol. The van der Waals surface area contributed by atoms with Crippen LogP contribution in [-0.2, 0) is 4.74 Å². The number of nitrogens with one attached hydrogen (secondary N) is 1. The van der Waals surface area contributed by atoms with Crippen LogP contribution in [0.5, 0.6) is 5.75 Å². The second-order valence-electron chi connectivity index (χ2n) is 4.13. The van der Waals surface area contributed by atoms with Crippen LogP contribution in [0.4, 0.5) is 0 Å². The van der Waals surface area contributed by atoms with Gasteiger partial charge in [0.15, 0.2) is 0 Å². The highest BCUT2D eigenvalue weighted by Gasteiger charge is 2.22. The van der Waals surface area contributed by atoms with Crippen LogP contribution in [0, 0.1) is 13.8 Å². The maximum Gasteiger partial charge on any atom is 0.140 e. The van der Waals surface area contributed by atoms with Crippen LogP contribution < -0.4 is 5.32 Å². The van der Waals surface area contributed by atoms with E-state index in [9.17, 15) is 5.11 Å². The molecule has 1 heterocycles. The molecular formula is C12H16ClNO2. The van der Waals surface area contributed by atoms with E-state index >= 15 is 0 Å². The molecule has 1 atom stereocenters. The summed E-state index contributed by atoms with van der Waals surface area (Å²) in [7, 11) is 0. The minimum absolute atomic E-state index is 0.106. The normalized spacial score (nSPS) is 21.1. The van der Waals surface area contributed by atoms with Crippen molar-refractivity contribution in [1.82, 2.24) is 5.32 Å². The van der Waals surface area contributed by atoms with E-state index < -0.39 is 0 Å². The highest BCUT2D eigenvalue weighted by atomic mass is 35.5. The second kappa shape index (κ2) is 4.62. The van der Waals surface area contributed by atoms with Crippen molar-refractivity contribution in [3.05, 3.63) is 27.8 Å². The fourth-order valence-electron chi connectivity index (χ4n) is 1.90. The molecule has 4 heteroatoms. The number of ether oxygens (including phenoxy) is 1. The zero-order valence-electron chi connectivity index (χ0n) is 9.51. The number of rotatable bonds is 1. The lowest BCUT2D eigenvalue weighted by molar-refractivity contribution is 0.0263. The molecule has 1 saturated heterocycles. The molecule has 3 nitrogen and oxygen atoms in total. The first-order chi connectivity index (χ1) is 7.61. The van der Waals surface area contributed by atoms with Gasteiger partial charge in [0.05, 0.1) is 17.7 Å². The molecule has 1 aliphatic rings. The third-order valence-electron chi connectivity index (χ3n) is 3.05. The quantitative estimate of drug-likeness (QED) is 0.793. The van der Waals surface area contributed by atoms with Gasteiger partial charge >= 0.3 is 0 Å². The SMILES string of the molecule is Cc1cc(C2CNCCO2)c(O)c(Cl)c1C. The third kappa shape index (κ3) is 2.03. The van der Waals surface area contributed by atoms with E-state index in [2.05, 4.69) is 5.32 Å². The van der Waals surface area contributed by atoms with Crippen LogP contribution in [0.15, 0.2) is 6.07 Å². The molecule has 1 fully saturated rings. The highest BCUT2D eigenvalue weighted by molar-refractivity contribution is 6.33. The van der Waals surface area contributed by atoms with E-state index in [0.717, 1.165) is 23.2 Å². The van der Waals surface area contributed by atoms with Crippen molar-refractivity contribution in [2.24, 2.45) is 0 Å². The zero-order chi connectivity index (χ0) is 11.7. The average molecular weight is 242 g/mol. The Balaban J connectivity index is 2.40. The first kappa shape index (κ1) is 11.7. The van der Waals surface area contributed by atoms with Crippen LogP contribution in [0.3, 0.4) is 0 Å². The van der Waals surface area contributed by atoms with Crippen LogP contribution in [0.2, 0.25) is 5.02 Å². The lowest BCUT2D eigenvalue weighted by Crippen LogP contribution is -2.33. The monoisotopic (exact) mass is 241 g/mol. The highest BCUT2D eigenvalue weighted by Crippen LogP contribution is 2.37. The molecule has 0 aliphatic carbocycles. The van der Waals surface area contributed by atoms with Gasteiger partial charge in [0.25, 0.3) is 0 Å². The minimum atomic E-state index is -0.106. The van der Waals surface area contributed by atoms with Gasteiger partial charge in [-0.2, -0.15) is 0 Å². The van der Waals surface area contributed by atoms with Gasteiger partial charge in [0.2, 0.25) is 0 Å². The molecule has 1 aromatic carbocycles. The summed E-state index contributed by atoms with van der Waals surface area (Å²) in [5, 5.41) is 13.7. The van der Waals surface area contributed by atoms with Crippen molar-refractivity contribution in [2.75, 3.05) is 19.7 Å². The van der Waals surface area contributed by atoms with Crippen LogP contribution in [0.25, 0.3) is 0 Å². The summed E-state index contributed by atoms with van der Waals surface area (Å²) in [6, 6.07) is 1.95. The molecule has 0 aromatic heterocycles. The molecule has 2 rings (SSSR count).